The van der Waals surface area contributed by atoms with Crippen LogP contribution < -0.4 is 42.5 Å². The molecule has 4 atom stereocenters. The zero-order valence-corrected chi connectivity index (χ0v) is 88.6. The number of anilines is 4. The van der Waals surface area contributed by atoms with Gasteiger partial charge in [0.1, 0.15) is 46.0 Å². The van der Waals surface area contributed by atoms with Crippen molar-refractivity contribution in [3.8, 4) is 41.8 Å². The first-order valence-corrected chi connectivity index (χ1v) is 52.5. The van der Waals surface area contributed by atoms with Crippen molar-refractivity contribution in [2.75, 3.05) is 86.7 Å². The Morgan fingerprint density at radius 2 is 0.620 bits per heavy atom. The van der Waals surface area contributed by atoms with Gasteiger partial charge in [0.2, 0.25) is 0 Å². The van der Waals surface area contributed by atoms with Gasteiger partial charge < -0.3 is 82.6 Å². The standard InChI is InChI=1S/C26H35F2N5O3S.C26H37N5O3S.C25H33F2N5O3S.C25H35N5O3S/c1-15-9-18(30-13-25(5)7-6-8-25)29-11-17(15)20-19(23(35)33-14-26(27,28)10-16(33)2)32-22(37-20)21(34)31-12-24(3,4)36;1-16-12-19(28-15-26(5)9-7-10-26)27-13-18(16)21-20(24(33)31-11-6-8-17(31)2)30-23(35-21)22(32)29-14-25(3,4)34;1-14-9-17(31-24(5)7-6-8-24)28-11-16(14)19-18(22(34)32-13-25(26,27)10-15(32)2)30-21(36-19)20(33)29-12-23(3,4)35;1-15-12-18(29-25(5)9-7-10-25)26-13-17(15)20-19(23(32)30-11-6-8-16(30)2)28-22(34-20)21(31)27-14-24(3,4)33/h9,11,16,36H,6-8,10,12-14H2,1-5H3,(H,29,30)(H,31,34);12-13,17,34H,6-11,14-15H2,1-5H3,(H,27,28)(H,29,32);9,11,15,35H,6-8,10,12-13H2,1-5H3,(H,28,31)(H,29,33);12-13,16,33H,6-11,14H2,1-5H3,(H,26,29)(H,27,31)/t16-;17-;15-;16-/m0000/s1. The zero-order chi connectivity index (χ0) is 104. The fourth-order valence-electron chi connectivity index (χ4n) is 18.4. The molecule has 0 radical (unpaired) electrons. The van der Waals surface area contributed by atoms with Crippen molar-refractivity contribution in [1.29, 1.82) is 0 Å². The first kappa shape index (κ1) is 109. The summed E-state index contributed by atoms with van der Waals surface area (Å²) in [7, 11) is 0. The van der Waals surface area contributed by atoms with Crippen molar-refractivity contribution in [3.05, 3.63) is 114 Å². The third kappa shape index (κ3) is 27.4. The topological polar surface area (TPSA) is 430 Å². The molecule has 8 amide bonds. The van der Waals surface area contributed by atoms with Gasteiger partial charge in [-0.25, -0.2) is 57.4 Å². The number of aryl methyl sites for hydroxylation is 4. The molecule has 4 aliphatic heterocycles. The van der Waals surface area contributed by atoms with E-state index in [4.69, 9.17) is 0 Å². The number of hydrogen-bond acceptors (Lipinski definition) is 28. The number of thiazole rings is 4. The Bertz CT molecular complexity index is 5980. The number of amides is 8. The number of aliphatic hydroxyl groups is 4. The van der Waals surface area contributed by atoms with Crippen molar-refractivity contribution in [2.45, 2.75) is 324 Å². The van der Waals surface area contributed by atoms with Crippen molar-refractivity contribution < 1.29 is 76.3 Å². The molecule has 772 valence electrons. The van der Waals surface area contributed by atoms with Crippen molar-refractivity contribution in [3.63, 3.8) is 0 Å². The molecule has 4 saturated carbocycles. The van der Waals surface area contributed by atoms with Crippen molar-refractivity contribution >= 4 is 116 Å². The Kier molecular flexibility index (Phi) is 33.1. The molecule has 8 aliphatic rings. The van der Waals surface area contributed by atoms with Gasteiger partial charge in [-0.05, 0) is 272 Å². The number of nitrogens with one attached hydrogen (secondary N) is 8. The van der Waals surface area contributed by atoms with E-state index < -0.39 is 108 Å². The summed E-state index contributed by atoms with van der Waals surface area (Å²) in [4.78, 5) is 149. The first-order chi connectivity index (χ1) is 66.2. The number of halogens is 4. The Hall–Kier alpha value is -10.4. The smallest absolute Gasteiger partial charge is 0.280 e. The molecular formula is C102H140F4N20O12S4. The number of rotatable bonds is 30. The highest BCUT2D eigenvalue weighted by Crippen LogP contribution is 2.47. The summed E-state index contributed by atoms with van der Waals surface area (Å²) < 4.78 is 56.2. The highest BCUT2D eigenvalue weighted by atomic mass is 32.1. The Morgan fingerprint density at radius 3 is 0.824 bits per heavy atom. The van der Waals surface area contributed by atoms with Gasteiger partial charge in [-0.1, -0.05) is 26.7 Å². The fourth-order valence-corrected chi connectivity index (χ4v) is 22.6. The molecule has 32 nitrogen and oxygen atoms in total. The van der Waals surface area contributed by atoms with Gasteiger partial charge in [0.05, 0.1) is 55.0 Å². The molecule has 0 spiro atoms. The van der Waals surface area contributed by atoms with Crippen LogP contribution in [0.5, 0.6) is 0 Å². The molecule has 142 heavy (non-hydrogen) atoms. The number of likely N-dealkylation sites (tertiary alicyclic amines) is 4. The van der Waals surface area contributed by atoms with E-state index in [0.717, 1.165) is 142 Å². The van der Waals surface area contributed by atoms with Crippen LogP contribution in [0.3, 0.4) is 0 Å². The fraction of sp³-hybridized carbons (Fsp3) is 0.608. The molecule has 12 heterocycles. The van der Waals surface area contributed by atoms with Crippen LogP contribution >= 0.6 is 45.3 Å². The van der Waals surface area contributed by atoms with Gasteiger partial charge in [-0.3, -0.25) is 38.4 Å². The lowest BCUT2D eigenvalue weighted by Crippen LogP contribution is -2.41. The molecule has 4 aliphatic carbocycles. The molecule has 16 rings (SSSR count). The molecule has 4 saturated heterocycles. The van der Waals surface area contributed by atoms with E-state index in [1.807, 2.05) is 75.6 Å². The SMILES string of the molecule is Cc1cc(NC2(C)CCC2)ncc1-c1sc(C(=O)NCC(C)(C)O)nc1C(=O)N1CC(F)(F)C[C@@H]1C.Cc1cc(NC2(C)CCC2)ncc1-c1sc(C(=O)NCC(C)(C)O)nc1C(=O)N1CCC[C@@H]1C.Cc1cc(NCC2(C)CCC2)ncc1-c1sc(C(=O)NCC(C)(C)O)nc1C(=O)N1CC(F)(F)C[C@@H]1C.Cc1cc(NCC2(C)CCC2)ncc1-c1sc(C(=O)NCC(C)(C)O)nc1C(=O)N1CCC[C@@H]1C. The number of pyridine rings is 4. The highest BCUT2D eigenvalue weighted by molar-refractivity contribution is 7.18. The van der Waals surface area contributed by atoms with E-state index in [9.17, 15) is 76.3 Å². The van der Waals surface area contributed by atoms with E-state index in [0.29, 0.717) is 72.2 Å². The zero-order valence-electron chi connectivity index (χ0n) is 85.3. The number of aromatic nitrogens is 8. The molecule has 40 heteroatoms. The lowest BCUT2D eigenvalue weighted by atomic mass is 9.70. The molecular weight excluding hydrogens is 1900 g/mol. The molecule has 8 aromatic heterocycles. The van der Waals surface area contributed by atoms with Crippen LogP contribution in [0.4, 0.5) is 40.8 Å². The van der Waals surface area contributed by atoms with Gasteiger partial charge in [0, 0.05) is 147 Å². The summed E-state index contributed by atoms with van der Waals surface area (Å²) in [5.74, 6) is -6.38. The van der Waals surface area contributed by atoms with Crippen molar-refractivity contribution in [1.82, 2.24) is 80.7 Å². The van der Waals surface area contributed by atoms with Crippen molar-refractivity contribution in [2.24, 2.45) is 10.8 Å². The third-order valence-corrected chi connectivity index (χ3v) is 32.1. The summed E-state index contributed by atoms with van der Waals surface area (Å²) >= 11 is 4.41. The number of alkyl halides is 4. The van der Waals surface area contributed by atoms with E-state index >= 15 is 0 Å². The third-order valence-electron chi connectivity index (χ3n) is 27.7. The maximum absolute atomic E-state index is 14.1. The molecule has 0 aromatic carbocycles. The number of nitrogens with zero attached hydrogens (tertiary/aromatic N) is 12. The lowest BCUT2D eigenvalue weighted by molar-refractivity contribution is 0.0115. The van der Waals surface area contributed by atoms with Crippen LogP contribution in [0.2, 0.25) is 0 Å². The Morgan fingerprint density at radius 1 is 0.373 bits per heavy atom. The number of carbonyl (C=O) groups is 8. The maximum atomic E-state index is 14.1. The second-order valence-electron chi connectivity index (χ2n) is 44.1. The average molecular weight is 2040 g/mol. The second kappa shape index (κ2) is 43.1. The predicted molar refractivity (Wildman–Crippen MR) is 547 cm³/mol. The molecule has 8 aromatic rings. The van der Waals surface area contributed by atoms with E-state index in [2.05, 4.69) is 110 Å². The maximum Gasteiger partial charge on any atom is 0.280 e. The minimum absolute atomic E-state index is 0.00936. The van der Waals surface area contributed by atoms with Gasteiger partial charge in [0.15, 0.2) is 20.0 Å². The predicted octanol–water partition coefficient (Wildman–Crippen LogP) is 17.0. The molecule has 0 bridgehead atoms. The Balaban J connectivity index is 0.000000159. The summed E-state index contributed by atoms with van der Waals surface area (Å²) in [6, 6.07) is 6.72. The van der Waals surface area contributed by atoms with Gasteiger partial charge in [0.25, 0.3) is 59.1 Å². The van der Waals surface area contributed by atoms with Gasteiger partial charge in [-0.15, -0.1) is 45.3 Å². The van der Waals surface area contributed by atoms with Crippen LogP contribution in [0, 0.1) is 38.5 Å². The van der Waals surface area contributed by atoms with E-state index in [-0.39, 0.29) is 98.0 Å². The van der Waals surface area contributed by atoms with Crippen LogP contribution in [0.25, 0.3) is 41.8 Å². The second-order valence-corrected chi connectivity index (χ2v) is 48.1. The normalized spacial score (nSPS) is 20.0. The summed E-state index contributed by atoms with van der Waals surface area (Å²) in [5, 5.41) is 64.8. The molecule has 0 unspecified atom stereocenters. The largest absolute Gasteiger partial charge is 0.389 e. The monoisotopic (exact) mass is 2040 g/mol. The van der Waals surface area contributed by atoms with Crippen LogP contribution in [-0.4, -0.2) is 262 Å². The van der Waals surface area contributed by atoms with Gasteiger partial charge >= 0.3 is 0 Å². The molecule has 8 fully saturated rings. The summed E-state index contributed by atoms with van der Waals surface area (Å²) in [5.41, 5.74) is 3.25. The minimum Gasteiger partial charge on any atom is -0.389 e. The first-order valence-electron chi connectivity index (χ1n) is 49.2. The number of carbonyl (C=O) groups excluding carboxylic acids is 8. The average Bonchev–Trinajstić information content (AvgIpc) is 1.63. The van der Waals surface area contributed by atoms with Crippen LogP contribution in [0.1, 0.15) is 330 Å². The molecule has 12 N–H and O–H groups in total. The number of hydrogen-bond donors (Lipinski definition) is 12. The lowest BCUT2D eigenvalue weighted by Gasteiger charge is -2.39. The van der Waals surface area contributed by atoms with Crippen LogP contribution in [0.15, 0.2) is 49.1 Å². The Labute approximate surface area is 844 Å². The van der Waals surface area contributed by atoms with E-state index in [1.54, 1.807) is 94.0 Å². The van der Waals surface area contributed by atoms with Gasteiger partial charge in [-0.2, -0.15) is 0 Å². The minimum atomic E-state index is -2.97. The van der Waals surface area contributed by atoms with Crippen LogP contribution in [-0.2, 0) is 0 Å². The van der Waals surface area contributed by atoms with E-state index in [1.165, 1.54) is 74.0 Å². The summed E-state index contributed by atoms with van der Waals surface area (Å²) in [6.45, 7) is 38.5. The quantitative estimate of drug-likeness (QED) is 0.0186. The summed E-state index contributed by atoms with van der Waals surface area (Å²) in [6.07, 6.45) is 23.9. The highest BCUT2D eigenvalue weighted by Gasteiger charge is 2.49.